The minimum Gasteiger partial charge on any atom is -0.443 e. The van der Waals surface area contributed by atoms with Gasteiger partial charge < -0.3 is 9.73 Å². The molecule has 1 aromatic carbocycles. The number of halogens is 2. The Morgan fingerprint density at radius 3 is 3.00 bits per heavy atom. The Balaban J connectivity index is 1.93. The summed E-state index contributed by atoms with van der Waals surface area (Å²) < 4.78 is 19.1. The van der Waals surface area contributed by atoms with Gasteiger partial charge in [0.2, 0.25) is 0 Å². The first kappa shape index (κ1) is 11.7. The number of rotatable bonds is 4. The lowest BCUT2D eigenvalue weighted by atomic mass is 10.1. The van der Waals surface area contributed by atoms with E-state index in [9.17, 15) is 4.39 Å². The van der Waals surface area contributed by atoms with Crippen LogP contribution in [0.4, 0.5) is 4.39 Å². The number of hydrogen-bond acceptors (Lipinski definition) is 3. The van der Waals surface area contributed by atoms with Crippen molar-refractivity contribution in [1.29, 1.82) is 0 Å². The molecule has 1 aromatic heterocycles. The lowest BCUT2D eigenvalue weighted by molar-refractivity contribution is 0.559. The summed E-state index contributed by atoms with van der Waals surface area (Å²) in [7, 11) is 0. The highest BCUT2D eigenvalue weighted by molar-refractivity contribution is 6.33. The van der Waals surface area contributed by atoms with E-state index in [-0.39, 0.29) is 5.56 Å². The first-order chi connectivity index (χ1) is 8.75. The van der Waals surface area contributed by atoms with Crippen LogP contribution >= 0.6 is 11.6 Å². The largest absolute Gasteiger partial charge is 0.443 e. The highest BCUT2D eigenvalue weighted by atomic mass is 35.5. The normalized spacial score (nSPS) is 15.0. The van der Waals surface area contributed by atoms with E-state index in [1.54, 1.807) is 12.1 Å². The SMILES string of the molecule is Fc1cccc(Cl)c1-c1ocnc1CNC1CC1. The van der Waals surface area contributed by atoms with E-state index in [0.29, 0.717) is 29.1 Å². The third-order valence-electron chi connectivity index (χ3n) is 2.97. The maximum Gasteiger partial charge on any atom is 0.181 e. The number of nitrogens with zero attached hydrogens (tertiary/aromatic N) is 1. The van der Waals surface area contributed by atoms with Crippen molar-refractivity contribution in [2.24, 2.45) is 0 Å². The van der Waals surface area contributed by atoms with E-state index in [2.05, 4.69) is 10.3 Å². The molecule has 1 aliphatic rings. The van der Waals surface area contributed by atoms with Crippen molar-refractivity contribution in [3.05, 3.63) is 41.1 Å². The summed E-state index contributed by atoms with van der Waals surface area (Å²) in [6.45, 7) is 0.571. The van der Waals surface area contributed by atoms with E-state index in [0.717, 1.165) is 0 Å². The second-order valence-electron chi connectivity index (χ2n) is 4.38. The number of aromatic nitrogens is 1. The predicted octanol–water partition coefficient (Wildman–Crippen LogP) is 3.39. The molecule has 0 saturated heterocycles. The summed E-state index contributed by atoms with van der Waals surface area (Å²) in [6.07, 6.45) is 3.70. The second kappa shape index (κ2) is 4.71. The molecule has 1 saturated carbocycles. The lowest BCUT2D eigenvalue weighted by Crippen LogP contribution is -2.16. The number of hydrogen-bond donors (Lipinski definition) is 1. The first-order valence-corrected chi connectivity index (χ1v) is 6.23. The fourth-order valence-corrected chi connectivity index (χ4v) is 2.09. The van der Waals surface area contributed by atoms with Crippen molar-refractivity contribution in [2.45, 2.75) is 25.4 Å². The molecule has 0 radical (unpaired) electrons. The molecule has 94 valence electrons. The van der Waals surface area contributed by atoms with Crippen LogP contribution in [-0.4, -0.2) is 11.0 Å². The van der Waals surface area contributed by atoms with Crippen molar-refractivity contribution in [3.8, 4) is 11.3 Å². The van der Waals surface area contributed by atoms with E-state index in [4.69, 9.17) is 16.0 Å². The summed E-state index contributed by atoms with van der Waals surface area (Å²) in [6, 6.07) is 5.13. The minimum atomic E-state index is -0.396. The lowest BCUT2D eigenvalue weighted by Gasteiger charge is -2.05. The van der Waals surface area contributed by atoms with Crippen molar-refractivity contribution in [1.82, 2.24) is 10.3 Å². The summed E-state index contributed by atoms with van der Waals surface area (Å²) in [5.74, 6) is 0.0122. The molecule has 3 rings (SSSR count). The van der Waals surface area contributed by atoms with Crippen LogP contribution in [0.1, 0.15) is 18.5 Å². The van der Waals surface area contributed by atoms with Crippen LogP contribution in [0, 0.1) is 5.82 Å². The molecule has 0 amide bonds. The van der Waals surface area contributed by atoms with Crippen LogP contribution in [0.25, 0.3) is 11.3 Å². The fraction of sp³-hybridized carbons (Fsp3) is 0.308. The molecule has 0 aliphatic heterocycles. The van der Waals surface area contributed by atoms with Gasteiger partial charge in [-0.3, -0.25) is 0 Å². The summed E-state index contributed by atoms with van der Waals surface area (Å²) >= 11 is 6.02. The van der Waals surface area contributed by atoms with Gasteiger partial charge in [-0.25, -0.2) is 9.37 Å². The fourth-order valence-electron chi connectivity index (χ4n) is 1.84. The van der Waals surface area contributed by atoms with E-state index < -0.39 is 5.82 Å². The van der Waals surface area contributed by atoms with Crippen LogP contribution in [0.3, 0.4) is 0 Å². The summed E-state index contributed by atoms with van der Waals surface area (Å²) in [4.78, 5) is 4.12. The van der Waals surface area contributed by atoms with Crippen molar-refractivity contribution < 1.29 is 8.81 Å². The van der Waals surface area contributed by atoms with Gasteiger partial charge in [0.15, 0.2) is 12.2 Å². The Kier molecular flexibility index (Phi) is 3.06. The minimum absolute atomic E-state index is 0.282. The zero-order valence-electron chi connectivity index (χ0n) is 9.62. The second-order valence-corrected chi connectivity index (χ2v) is 4.79. The molecule has 0 spiro atoms. The Morgan fingerprint density at radius 2 is 2.28 bits per heavy atom. The van der Waals surface area contributed by atoms with Crippen LogP contribution in [0.2, 0.25) is 5.02 Å². The highest BCUT2D eigenvalue weighted by Crippen LogP contribution is 2.32. The highest BCUT2D eigenvalue weighted by Gasteiger charge is 2.23. The average molecular weight is 267 g/mol. The smallest absolute Gasteiger partial charge is 0.181 e. The Bertz CT molecular complexity index is 546. The van der Waals surface area contributed by atoms with Gasteiger partial charge in [0.1, 0.15) is 11.5 Å². The van der Waals surface area contributed by atoms with Crippen LogP contribution in [0.15, 0.2) is 29.0 Å². The molecule has 0 bridgehead atoms. The molecule has 0 atom stereocenters. The average Bonchev–Trinajstić information content (AvgIpc) is 3.06. The zero-order valence-corrected chi connectivity index (χ0v) is 10.4. The van der Waals surface area contributed by atoms with Gasteiger partial charge in [0.25, 0.3) is 0 Å². The molecule has 2 aromatic rings. The molecule has 1 N–H and O–H groups in total. The van der Waals surface area contributed by atoms with Gasteiger partial charge in [-0.05, 0) is 25.0 Å². The first-order valence-electron chi connectivity index (χ1n) is 5.86. The van der Waals surface area contributed by atoms with E-state index >= 15 is 0 Å². The molecule has 1 heterocycles. The maximum absolute atomic E-state index is 13.8. The molecule has 1 aliphatic carbocycles. The summed E-state index contributed by atoms with van der Waals surface area (Å²) in [5.41, 5.74) is 0.971. The Hall–Kier alpha value is -1.39. The summed E-state index contributed by atoms with van der Waals surface area (Å²) in [5, 5.41) is 3.65. The molecule has 1 fully saturated rings. The van der Waals surface area contributed by atoms with Crippen molar-refractivity contribution >= 4 is 11.6 Å². The molecular formula is C13H12ClFN2O. The van der Waals surface area contributed by atoms with Crippen LogP contribution in [0.5, 0.6) is 0 Å². The quantitative estimate of drug-likeness (QED) is 0.922. The van der Waals surface area contributed by atoms with Crippen molar-refractivity contribution in [2.75, 3.05) is 0 Å². The third kappa shape index (κ3) is 2.26. The molecule has 0 unspecified atom stereocenters. The molecule has 3 nitrogen and oxygen atoms in total. The number of benzene rings is 1. The van der Waals surface area contributed by atoms with Gasteiger partial charge >= 0.3 is 0 Å². The van der Waals surface area contributed by atoms with Gasteiger partial charge in [0.05, 0.1) is 10.6 Å². The maximum atomic E-state index is 13.8. The number of oxazole rings is 1. The zero-order chi connectivity index (χ0) is 12.5. The predicted molar refractivity (Wildman–Crippen MR) is 66.8 cm³/mol. The Labute approximate surface area is 109 Å². The van der Waals surface area contributed by atoms with Crippen LogP contribution in [-0.2, 0) is 6.54 Å². The van der Waals surface area contributed by atoms with Gasteiger partial charge in [-0.15, -0.1) is 0 Å². The monoisotopic (exact) mass is 266 g/mol. The van der Waals surface area contributed by atoms with Gasteiger partial charge in [0, 0.05) is 12.6 Å². The standard InChI is InChI=1S/C13H12ClFN2O/c14-9-2-1-3-10(15)12(9)13-11(17-7-18-13)6-16-8-4-5-8/h1-3,7-8,16H,4-6H2. The van der Waals surface area contributed by atoms with Crippen molar-refractivity contribution in [3.63, 3.8) is 0 Å². The molecule has 5 heteroatoms. The number of nitrogens with one attached hydrogen (secondary N) is 1. The third-order valence-corrected chi connectivity index (χ3v) is 3.28. The molecule has 18 heavy (non-hydrogen) atoms. The molecular weight excluding hydrogens is 255 g/mol. The van der Waals surface area contributed by atoms with E-state index in [1.807, 2.05) is 0 Å². The topological polar surface area (TPSA) is 38.1 Å². The van der Waals surface area contributed by atoms with Gasteiger partial charge in [-0.1, -0.05) is 17.7 Å². The van der Waals surface area contributed by atoms with Crippen LogP contribution < -0.4 is 5.32 Å². The van der Waals surface area contributed by atoms with E-state index in [1.165, 1.54) is 25.3 Å². The Morgan fingerprint density at radius 1 is 1.44 bits per heavy atom. The van der Waals surface area contributed by atoms with Gasteiger partial charge in [-0.2, -0.15) is 0 Å².